The molecule has 4 atom stereocenters. The Morgan fingerprint density at radius 3 is 2.00 bits per heavy atom. The van der Waals surface area contributed by atoms with Crippen molar-refractivity contribution in [2.45, 2.75) is 35.4 Å². The molecule has 0 spiro atoms. The third kappa shape index (κ3) is 6.65. The molecule has 2 unspecified atom stereocenters. The molecule has 0 aromatic rings. The van der Waals surface area contributed by atoms with Gasteiger partial charge >= 0.3 is 11.9 Å². The maximum Gasteiger partial charge on any atom is 0.317 e. The minimum Gasteiger partial charge on any atom is -0.481 e. The van der Waals surface area contributed by atoms with Gasteiger partial charge in [-0.25, -0.2) is 0 Å². The van der Waals surface area contributed by atoms with E-state index in [1.165, 1.54) is 0 Å². The number of carbonyl (C=O) groups excluding carboxylic acids is 3. The van der Waals surface area contributed by atoms with E-state index in [0.29, 0.717) is 11.8 Å². The molecule has 22 heavy (non-hydrogen) atoms. The van der Waals surface area contributed by atoms with Gasteiger partial charge in [-0.05, 0) is 0 Å². The highest BCUT2D eigenvalue weighted by Gasteiger charge is 2.35. The topological polar surface area (TPSA) is 204 Å². The standard InChI is InChI=1S/C11H17N3O7S/c12-4(1-7(14)16)9(19)10(5(13)3-15)22-6(11(20)21)2-8(17)18/h3-6,10H,1-2,12-13H2,(H2,14,16)(H,17,18)(H,20,21)/t4-,5+,6?,10?/m0/s1. The van der Waals surface area contributed by atoms with E-state index < -0.39 is 59.1 Å². The predicted molar refractivity (Wildman–Crippen MR) is 75.9 cm³/mol. The molecule has 0 saturated heterocycles. The molecule has 0 aromatic carbocycles. The van der Waals surface area contributed by atoms with Crippen molar-refractivity contribution < 1.29 is 34.2 Å². The first-order valence-electron chi connectivity index (χ1n) is 5.98. The summed E-state index contributed by atoms with van der Waals surface area (Å²) in [7, 11) is 0. The molecule has 11 heteroatoms. The van der Waals surface area contributed by atoms with Crippen LogP contribution in [0.3, 0.4) is 0 Å². The average molecular weight is 335 g/mol. The number of aldehydes is 1. The fourth-order valence-electron chi connectivity index (χ4n) is 1.48. The van der Waals surface area contributed by atoms with Crippen LogP contribution in [0.1, 0.15) is 12.8 Å². The van der Waals surface area contributed by atoms with E-state index in [4.69, 9.17) is 27.4 Å². The van der Waals surface area contributed by atoms with Crippen molar-refractivity contribution in [2.75, 3.05) is 0 Å². The molecular weight excluding hydrogens is 318 g/mol. The first-order valence-corrected chi connectivity index (χ1v) is 6.93. The van der Waals surface area contributed by atoms with Crippen LogP contribution in [0.4, 0.5) is 0 Å². The summed E-state index contributed by atoms with van der Waals surface area (Å²) in [5.74, 6) is -4.58. The summed E-state index contributed by atoms with van der Waals surface area (Å²) in [6, 6.07) is -2.76. The van der Waals surface area contributed by atoms with Gasteiger partial charge in [-0.3, -0.25) is 19.2 Å². The zero-order chi connectivity index (χ0) is 17.4. The fourth-order valence-corrected chi connectivity index (χ4v) is 2.74. The maximum absolute atomic E-state index is 12.1. The van der Waals surface area contributed by atoms with Crippen molar-refractivity contribution in [3.05, 3.63) is 0 Å². The molecule has 0 aromatic heterocycles. The zero-order valence-electron chi connectivity index (χ0n) is 11.4. The number of carbonyl (C=O) groups is 5. The van der Waals surface area contributed by atoms with Crippen LogP contribution in [0.25, 0.3) is 0 Å². The third-order valence-corrected chi connectivity index (χ3v) is 4.06. The van der Waals surface area contributed by atoms with E-state index in [2.05, 4.69) is 0 Å². The molecule has 0 aliphatic rings. The average Bonchev–Trinajstić information content (AvgIpc) is 2.40. The Kier molecular flexibility index (Phi) is 8.30. The van der Waals surface area contributed by atoms with Gasteiger partial charge < -0.3 is 32.2 Å². The minimum atomic E-state index is -1.50. The summed E-state index contributed by atoms with van der Waals surface area (Å²) < 4.78 is 0. The molecule has 8 N–H and O–H groups in total. The smallest absolute Gasteiger partial charge is 0.317 e. The molecule has 0 radical (unpaired) electrons. The van der Waals surface area contributed by atoms with Crippen LogP contribution in [0, 0.1) is 0 Å². The molecule has 0 heterocycles. The molecule has 0 bridgehead atoms. The lowest BCUT2D eigenvalue weighted by Crippen LogP contribution is -2.49. The van der Waals surface area contributed by atoms with Crippen LogP contribution in [0.15, 0.2) is 0 Å². The Morgan fingerprint density at radius 2 is 1.64 bits per heavy atom. The summed E-state index contributed by atoms with van der Waals surface area (Å²) >= 11 is 0.404. The quantitative estimate of drug-likeness (QED) is 0.247. The SMILES string of the molecule is NC(=O)C[C@H](N)C(=O)C(SC(CC(=O)O)C(=O)O)[C@H](N)C=O. The summed E-state index contributed by atoms with van der Waals surface area (Å²) in [5.41, 5.74) is 15.8. The number of hydrogen-bond donors (Lipinski definition) is 5. The maximum atomic E-state index is 12.1. The molecule has 0 saturated carbocycles. The van der Waals surface area contributed by atoms with Crippen molar-refractivity contribution in [3.8, 4) is 0 Å². The lowest BCUT2D eigenvalue weighted by molar-refractivity contribution is -0.143. The number of primary amides is 1. The van der Waals surface area contributed by atoms with Gasteiger partial charge in [-0.2, -0.15) is 0 Å². The summed E-state index contributed by atoms with van der Waals surface area (Å²) in [4.78, 5) is 55.3. The number of carboxylic acids is 2. The molecule has 0 aliphatic carbocycles. The number of aliphatic carboxylic acids is 2. The Balaban J connectivity index is 5.22. The first kappa shape index (κ1) is 20.0. The second-order valence-electron chi connectivity index (χ2n) is 4.37. The Bertz CT molecular complexity index is 471. The van der Waals surface area contributed by atoms with Gasteiger partial charge in [0, 0.05) is 6.42 Å². The second kappa shape index (κ2) is 9.12. The van der Waals surface area contributed by atoms with Crippen molar-refractivity contribution in [2.24, 2.45) is 17.2 Å². The number of hydrogen-bond acceptors (Lipinski definition) is 8. The monoisotopic (exact) mass is 335 g/mol. The summed E-state index contributed by atoms with van der Waals surface area (Å²) in [6.45, 7) is 0. The van der Waals surface area contributed by atoms with Crippen molar-refractivity contribution in [1.82, 2.24) is 0 Å². The van der Waals surface area contributed by atoms with Gasteiger partial charge in [-0.1, -0.05) is 0 Å². The van der Waals surface area contributed by atoms with Gasteiger partial charge in [0.15, 0.2) is 5.78 Å². The van der Waals surface area contributed by atoms with E-state index in [1.807, 2.05) is 0 Å². The van der Waals surface area contributed by atoms with Crippen molar-refractivity contribution >= 4 is 41.7 Å². The number of nitrogens with two attached hydrogens (primary N) is 3. The van der Waals surface area contributed by atoms with Crippen molar-refractivity contribution in [1.29, 1.82) is 0 Å². The van der Waals surface area contributed by atoms with Crippen LogP contribution in [-0.4, -0.2) is 62.7 Å². The van der Waals surface area contributed by atoms with Crippen LogP contribution in [0.5, 0.6) is 0 Å². The second-order valence-corrected chi connectivity index (χ2v) is 5.72. The molecule has 124 valence electrons. The summed E-state index contributed by atoms with van der Waals surface area (Å²) in [5, 5.41) is 14.7. The van der Waals surface area contributed by atoms with E-state index >= 15 is 0 Å². The molecule has 1 amide bonds. The van der Waals surface area contributed by atoms with Gasteiger partial charge in [0.25, 0.3) is 0 Å². The fraction of sp³-hybridized carbons (Fsp3) is 0.545. The number of amides is 1. The Hall–Kier alpha value is -1.98. The lowest BCUT2D eigenvalue weighted by Gasteiger charge is -2.23. The number of rotatable bonds is 11. The highest BCUT2D eigenvalue weighted by atomic mass is 32.2. The van der Waals surface area contributed by atoms with Gasteiger partial charge in [0.05, 0.1) is 23.8 Å². The predicted octanol–water partition coefficient (Wildman–Crippen LogP) is -2.69. The van der Waals surface area contributed by atoms with Gasteiger partial charge in [-0.15, -0.1) is 11.8 Å². The Morgan fingerprint density at radius 1 is 1.09 bits per heavy atom. The number of ketones is 1. The van der Waals surface area contributed by atoms with Gasteiger partial charge in [0.2, 0.25) is 5.91 Å². The highest BCUT2D eigenvalue weighted by molar-refractivity contribution is 8.02. The lowest BCUT2D eigenvalue weighted by atomic mass is 10.0. The number of thioether (sulfide) groups is 1. The zero-order valence-corrected chi connectivity index (χ0v) is 12.2. The summed E-state index contributed by atoms with van der Waals surface area (Å²) in [6.07, 6.45) is -1.06. The van der Waals surface area contributed by atoms with Gasteiger partial charge in [0.1, 0.15) is 11.5 Å². The van der Waals surface area contributed by atoms with Crippen LogP contribution < -0.4 is 17.2 Å². The normalized spacial score (nSPS) is 16.1. The van der Waals surface area contributed by atoms with Crippen molar-refractivity contribution in [3.63, 3.8) is 0 Å². The van der Waals surface area contributed by atoms with E-state index in [9.17, 15) is 24.0 Å². The van der Waals surface area contributed by atoms with E-state index in [-0.39, 0.29) is 6.29 Å². The first-order chi connectivity index (χ1) is 10.1. The molecule has 0 aliphatic heterocycles. The van der Waals surface area contributed by atoms with E-state index in [1.54, 1.807) is 0 Å². The molecular formula is C11H17N3O7S. The van der Waals surface area contributed by atoms with Crippen LogP contribution >= 0.6 is 11.8 Å². The number of carboxylic acid groups (broad SMARTS) is 2. The minimum absolute atomic E-state index is 0.215. The number of Topliss-reactive ketones (excluding diaryl/α,β-unsaturated/α-hetero) is 1. The molecule has 0 rings (SSSR count). The Labute approximate surface area is 129 Å². The van der Waals surface area contributed by atoms with Crippen LogP contribution in [0.2, 0.25) is 0 Å². The molecule has 0 fully saturated rings. The largest absolute Gasteiger partial charge is 0.481 e. The third-order valence-electron chi connectivity index (χ3n) is 2.52. The van der Waals surface area contributed by atoms with E-state index in [0.717, 1.165) is 0 Å². The van der Waals surface area contributed by atoms with Crippen LogP contribution in [-0.2, 0) is 24.0 Å². The highest BCUT2D eigenvalue weighted by Crippen LogP contribution is 2.24. The molecule has 10 nitrogen and oxygen atoms in total.